The first-order chi connectivity index (χ1) is 17.4. The molecule has 182 valence electrons. The van der Waals surface area contributed by atoms with Crippen molar-refractivity contribution in [3.05, 3.63) is 101 Å². The standard InChI is InChI=1S/C30H28N2O4/c1-18(2)17-36-21-14-12-20(13-15-21)32-27(22-9-5-4-8-19(22)3)26(29(34)30(32)35)28(33)24-16-31-25-11-7-6-10-23(24)25/h4-16,18,27,31,33H,17H2,1-3H3/b28-26+. The maximum absolute atomic E-state index is 13.5. The second-order valence-corrected chi connectivity index (χ2v) is 9.47. The lowest BCUT2D eigenvalue weighted by molar-refractivity contribution is -0.132. The fourth-order valence-corrected chi connectivity index (χ4v) is 4.67. The van der Waals surface area contributed by atoms with Crippen LogP contribution in [-0.4, -0.2) is 28.4 Å². The Hall–Kier alpha value is -4.32. The highest BCUT2D eigenvalue weighted by Gasteiger charge is 2.47. The van der Waals surface area contributed by atoms with Gasteiger partial charge in [-0.05, 0) is 54.3 Å². The highest BCUT2D eigenvalue weighted by Crippen LogP contribution is 2.44. The molecule has 4 aromatic rings. The minimum absolute atomic E-state index is 0.0687. The number of amides is 1. The van der Waals surface area contributed by atoms with Gasteiger partial charge in [-0.1, -0.05) is 56.3 Å². The number of fused-ring (bicyclic) bond motifs is 1. The summed E-state index contributed by atoms with van der Waals surface area (Å²) >= 11 is 0. The molecule has 1 aliphatic heterocycles. The van der Waals surface area contributed by atoms with Gasteiger partial charge in [0, 0.05) is 28.4 Å². The van der Waals surface area contributed by atoms with E-state index in [1.165, 1.54) is 4.90 Å². The van der Waals surface area contributed by atoms with E-state index >= 15 is 0 Å². The molecule has 3 aromatic carbocycles. The number of hydrogen-bond acceptors (Lipinski definition) is 4. The average Bonchev–Trinajstić information content (AvgIpc) is 3.42. The summed E-state index contributed by atoms with van der Waals surface area (Å²) in [6, 6.07) is 21.5. The molecule has 0 saturated carbocycles. The number of aromatic nitrogens is 1. The van der Waals surface area contributed by atoms with Crippen molar-refractivity contribution in [3.8, 4) is 5.75 Å². The monoisotopic (exact) mass is 480 g/mol. The van der Waals surface area contributed by atoms with Crippen LogP contribution in [0.1, 0.15) is 36.6 Å². The molecule has 36 heavy (non-hydrogen) atoms. The van der Waals surface area contributed by atoms with Crippen molar-refractivity contribution >= 4 is 34.0 Å². The van der Waals surface area contributed by atoms with E-state index in [-0.39, 0.29) is 11.3 Å². The van der Waals surface area contributed by atoms with E-state index in [1.54, 1.807) is 30.5 Å². The number of nitrogens with zero attached hydrogens (tertiary/aromatic N) is 1. The van der Waals surface area contributed by atoms with E-state index in [9.17, 15) is 14.7 Å². The summed E-state index contributed by atoms with van der Waals surface area (Å²) in [5.41, 5.74) is 3.63. The van der Waals surface area contributed by atoms with Gasteiger partial charge in [-0.2, -0.15) is 0 Å². The summed E-state index contributed by atoms with van der Waals surface area (Å²) in [5.74, 6) is -0.520. The van der Waals surface area contributed by atoms with Crippen molar-refractivity contribution in [1.82, 2.24) is 4.98 Å². The van der Waals surface area contributed by atoms with Crippen LogP contribution in [0.15, 0.2) is 84.6 Å². The van der Waals surface area contributed by atoms with E-state index < -0.39 is 17.7 Å². The van der Waals surface area contributed by atoms with Crippen molar-refractivity contribution in [1.29, 1.82) is 0 Å². The second kappa shape index (κ2) is 9.38. The number of aliphatic hydroxyl groups is 1. The fourth-order valence-electron chi connectivity index (χ4n) is 4.67. The smallest absolute Gasteiger partial charge is 0.300 e. The number of ether oxygens (including phenoxy) is 1. The van der Waals surface area contributed by atoms with E-state index in [1.807, 2.05) is 55.5 Å². The Balaban J connectivity index is 1.66. The number of nitrogens with one attached hydrogen (secondary N) is 1. The molecule has 2 N–H and O–H groups in total. The lowest BCUT2D eigenvalue weighted by Crippen LogP contribution is -2.29. The first kappa shape index (κ1) is 23.4. The Kier molecular flexibility index (Phi) is 6.10. The van der Waals surface area contributed by atoms with E-state index in [4.69, 9.17) is 4.74 Å². The number of aliphatic hydroxyl groups excluding tert-OH is 1. The van der Waals surface area contributed by atoms with E-state index in [0.29, 0.717) is 29.5 Å². The molecule has 0 radical (unpaired) electrons. The highest BCUT2D eigenvalue weighted by atomic mass is 16.5. The predicted octanol–water partition coefficient (Wildman–Crippen LogP) is 6.14. The number of Topliss-reactive ketones (excluding diaryl/α,β-unsaturated/α-hetero) is 1. The summed E-state index contributed by atoms with van der Waals surface area (Å²) in [6.07, 6.45) is 1.67. The molecule has 6 heteroatoms. The molecule has 0 aliphatic carbocycles. The molecular formula is C30H28N2O4. The Morgan fingerprint density at radius 1 is 1.00 bits per heavy atom. The molecule has 1 aliphatic rings. The Labute approximate surface area is 209 Å². The summed E-state index contributed by atoms with van der Waals surface area (Å²) < 4.78 is 5.79. The van der Waals surface area contributed by atoms with Crippen LogP contribution in [0.5, 0.6) is 5.75 Å². The molecule has 5 rings (SSSR count). The van der Waals surface area contributed by atoms with Crippen molar-refractivity contribution < 1.29 is 19.4 Å². The van der Waals surface area contributed by atoms with E-state index in [0.717, 1.165) is 22.0 Å². The van der Waals surface area contributed by atoms with Crippen LogP contribution >= 0.6 is 0 Å². The number of aromatic amines is 1. The number of anilines is 1. The molecule has 1 unspecified atom stereocenters. The summed E-state index contributed by atoms with van der Waals surface area (Å²) in [4.78, 5) is 31.5. The van der Waals surface area contributed by atoms with Crippen LogP contribution in [0, 0.1) is 12.8 Å². The Morgan fingerprint density at radius 2 is 1.69 bits per heavy atom. The Bertz CT molecular complexity index is 1480. The van der Waals surface area contributed by atoms with Gasteiger partial charge in [0.15, 0.2) is 0 Å². The third-order valence-corrected chi connectivity index (χ3v) is 6.47. The van der Waals surface area contributed by atoms with Gasteiger partial charge in [0.2, 0.25) is 0 Å². The van der Waals surface area contributed by atoms with Crippen molar-refractivity contribution in [2.24, 2.45) is 5.92 Å². The lowest BCUT2D eigenvalue weighted by Gasteiger charge is -2.26. The largest absolute Gasteiger partial charge is 0.507 e. The van der Waals surface area contributed by atoms with Crippen LogP contribution in [0.4, 0.5) is 5.69 Å². The topological polar surface area (TPSA) is 82.6 Å². The van der Waals surface area contributed by atoms with Gasteiger partial charge in [0.25, 0.3) is 11.7 Å². The first-order valence-electron chi connectivity index (χ1n) is 12.0. The van der Waals surface area contributed by atoms with Crippen molar-refractivity contribution in [2.75, 3.05) is 11.5 Å². The average molecular weight is 481 g/mol. The van der Waals surface area contributed by atoms with Gasteiger partial charge in [-0.15, -0.1) is 0 Å². The third-order valence-electron chi connectivity index (χ3n) is 6.47. The van der Waals surface area contributed by atoms with Gasteiger partial charge in [0.05, 0.1) is 18.2 Å². The fraction of sp³-hybridized carbons (Fsp3) is 0.200. The number of para-hydroxylation sites is 1. The molecule has 6 nitrogen and oxygen atoms in total. The number of rotatable bonds is 6. The molecule has 2 heterocycles. The quantitative estimate of drug-likeness (QED) is 0.197. The number of H-pyrrole nitrogens is 1. The van der Waals surface area contributed by atoms with Gasteiger partial charge >= 0.3 is 0 Å². The zero-order valence-corrected chi connectivity index (χ0v) is 20.5. The van der Waals surface area contributed by atoms with Crippen LogP contribution < -0.4 is 9.64 Å². The zero-order chi connectivity index (χ0) is 25.4. The summed E-state index contributed by atoms with van der Waals surface area (Å²) in [6.45, 7) is 6.66. The van der Waals surface area contributed by atoms with Crippen LogP contribution in [-0.2, 0) is 9.59 Å². The summed E-state index contributed by atoms with van der Waals surface area (Å²) in [7, 11) is 0. The van der Waals surface area contributed by atoms with Crippen LogP contribution in [0.2, 0.25) is 0 Å². The third kappa shape index (κ3) is 4.05. The lowest BCUT2D eigenvalue weighted by atomic mass is 9.92. The normalized spacial score (nSPS) is 17.3. The number of ketones is 1. The number of hydrogen-bond donors (Lipinski definition) is 2. The van der Waals surface area contributed by atoms with Gasteiger partial charge in [-0.3, -0.25) is 14.5 Å². The van der Waals surface area contributed by atoms with E-state index in [2.05, 4.69) is 18.8 Å². The molecular weight excluding hydrogens is 452 g/mol. The SMILES string of the molecule is Cc1ccccc1C1/C(=C(\O)c2c[nH]c3ccccc23)C(=O)C(=O)N1c1ccc(OCC(C)C)cc1. The van der Waals surface area contributed by atoms with Gasteiger partial charge < -0.3 is 14.8 Å². The number of aryl methyl sites for hydroxylation is 1. The van der Waals surface area contributed by atoms with Crippen LogP contribution in [0.25, 0.3) is 16.7 Å². The van der Waals surface area contributed by atoms with Crippen LogP contribution in [0.3, 0.4) is 0 Å². The van der Waals surface area contributed by atoms with Crippen molar-refractivity contribution in [3.63, 3.8) is 0 Å². The molecule has 1 saturated heterocycles. The number of carbonyl (C=O) groups excluding carboxylic acids is 2. The molecule has 0 bridgehead atoms. The maximum atomic E-state index is 13.5. The molecule has 0 spiro atoms. The zero-order valence-electron chi connectivity index (χ0n) is 20.5. The van der Waals surface area contributed by atoms with Gasteiger partial charge in [0.1, 0.15) is 11.5 Å². The maximum Gasteiger partial charge on any atom is 0.300 e. The van der Waals surface area contributed by atoms with Crippen molar-refractivity contribution in [2.45, 2.75) is 26.8 Å². The highest BCUT2D eigenvalue weighted by molar-refractivity contribution is 6.51. The van der Waals surface area contributed by atoms with Gasteiger partial charge in [-0.25, -0.2) is 0 Å². The molecule has 1 amide bonds. The predicted molar refractivity (Wildman–Crippen MR) is 141 cm³/mol. The number of benzene rings is 3. The first-order valence-corrected chi connectivity index (χ1v) is 12.0. The molecule has 1 atom stereocenters. The second-order valence-electron chi connectivity index (χ2n) is 9.47. The summed E-state index contributed by atoms with van der Waals surface area (Å²) in [5, 5.41) is 12.3. The minimum Gasteiger partial charge on any atom is -0.507 e. The Morgan fingerprint density at radius 3 is 2.42 bits per heavy atom. The number of carbonyl (C=O) groups is 2. The molecule has 1 fully saturated rings. The molecule has 1 aromatic heterocycles. The minimum atomic E-state index is -0.776.